The molecule has 1 aliphatic heterocycles. The van der Waals surface area contributed by atoms with E-state index in [0.29, 0.717) is 0 Å². The maximum absolute atomic E-state index is 6.13. The van der Waals surface area contributed by atoms with Crippen molar-refractivity contribution in [1.29, 1.82) is 0 Å². The highest BCUT2D eigenvalue weighted by Gasteiger charge is 2.22. The molecule has 1 atom stereocenters. The molecule has 0 amide bonds. The zero-order valence-corrected chi connectivity index (χ0v) is 9.85. The van der Waals surface area contributed by atoms with E-state index in [4.69, 9.17) is 11.6 Å². The molecule has 0 aromatic carbocycles. The summed E-state index contributed by atoms with van der Waals surface area (Å²) in [5.41, 5.74) is 2.10. The van der Waals surface area contributed by atoms with Crippen molar-refractivity contribution < 1.29 is 0 Å². The van der Waals surface area contributed by atoms with Gasteiger partial charge in [0.2, 0.25) is 0 Å². The summed E-state index contributed by atoms with van der Waals surface area (Å²) < 4.78 is 1.88. The molecule has 1 aliphatic rings. The summed E-state index contributed by atoms with van der Waals surface area (Å²) in [4.78, 5) is 6.49. The molecule has 3 rings (SSSR count). The fourth-order valence-electron chi connectivity index (χ4n) is 2.19. The molecule has 2 aromatic rings. The molecule has 5 heteroatoms. The van der Waals surface area contributed by atoms with Gasteiger partial charge in [0.05, 0.1) is 5.38 Å². The van der Waals surface area contributed by atoms with E-state index in [-0.39, 0.29) is 5.38 Å². The molecule has 0 spiro atoms. The summed E-state index contributed by atoms with van der Waals surface area (Å²) >= 11 is 6.13. The van der Waals surface area contributed by atoms with Gasteiger partial charge in [0.1, 0.15) is 12.1 Å². The van der Waals surface area contributed by atoms with Gasteiger partial charge in [0.25, 0.3) is 0 Å². The summed E-state index contributed by atoms with van der Waals surface area (Å²) in [6.45, 7) is 3.96. The van der Waals surface area contributed by atoms with Crippen molar-refractivity contribution in [3.05, 3.63) is 24.0 Å². The lowest BCUT2D eigenvalue weighted by atomic mass is 10.3. The van der Waals surface area contributed by atoms with Crippen LogP contribution in [0.25, 0.3) is 5.65 Å². The second-order valence-corrected chi connectivity index (χ2v) is 4.87. The molecule has 0 N–H and O–H groups in total. The van der Waals surface area contributed by atoms with Gasteiger partial charge in [0.15, 0.2) is 5.65 Å². The minimum atomic E-state index is 0.249. The van der Waals surface area contributed by atoms with Gasteiger partial charge in [-0.05, 0) is 31.0 Å². The highest BCUT2D eigenvalue weighted by atomic mass is 35.5. The van der Waals surface area contributed by atoms with E-state index in [1.807, 2.05) is 10.6 Å². The Labute approximate surface area is 98.8 Å². The lowest BCUT2D eigenvalue weighted by molar-refractivity contribution is 0.859. The van der Waals surface area contributed by atoms with Crippen molar-refractivity contribution in [2.75, 3.05) is 18.0 Å². The van der Waals surface area contributed by atoms with Crippen LogP contribution in [0.4, 0.5) is 5.82 Å². The van der Waals surface area contributed by atoms with Crippen molar-refractivity contribution in [3.63, 3.8) is 0 Å². The monoisotopic (exact) mass is 236 g/mol. The van der Waals surface area contributed by atoms with Crippen molar-refractivity contribution in [1.82, 2.24) is 14.6 Å². The number of halogens is 1. The molecule has 0 saturated carbocycles. The van der Waals surface area contributed by atoms with E-state index in [0.717, 1.165) is 31.0 Å². The molecule has 1 saturated heterocycles. The second kappa shape index (κ2) is 3.63. The average Bonchev–Trinajstić information content (AvgIpc) is 2.84. The first kappa shape index (κ1) is 9.90. The van der Waals surface area contributed by atoms with Crippen LogP contribution in [0.2, 0.25) is 0 Å². The van der Waals surface area contributed by atoms with E-state index >= 15 is 0 Å². The van der Waals surface area contributed by atoms with Crippen LogP contribution in [0.3, 0.4) is 0 Å². The predicted molar refractivity (Wildman–Crippen MR) is 64.2 cm³/mol. The number of rotatable bonds is 1. The standard InChI is InChI=1S/C11H13ClN4/c1-8-4-10-13-7-14-16(10)11(5-8)15-3-2-9(12)6-15/h4-5,7,9H,2-3,6H2,1H3. The van der Waals surface area contributed by atoms with E-state index in [1.54, 1.807) is 6.33 Å². The van der Waals surface area contributed by atoms with Gasteiger partial charge >= 0.3 is 0 Å². The van der Waals surface area contributed by atoms with Crippen LogP contribution in [0.5, 0.6) is 0 Å². The van der Waals surface area contributed by atoms with Crippen molar-refractivity contribution in [3.8, 4) is 0 Å². The van der Waals surface area contributed by atoms with Crippen LogP contribution < -0.4 is 4.90 Å². The molecule has 0 radical (unpaired) electrons. The molecular formula is C11H13ClN4. The second-order valence-electron chi connectivity index (χ2n) is 4.25. The van der Waals surface area contributed by atoms with Gasteiger partial charge in [-0.15, -0.1) is 11.6 Å². The predicted octanol–water partition coefficient (Wildman–Crippen LogP) is 1.86. The number of pyridine rings is 1. The van der Waals surface area contributed by atoms with Crippen LogP contribution in [0.1, 0.15) is 12.0 Å². The van der Waals surface area contributed by atoms with Crippen LogP contribution in [0.15, 0.2) is 18.5 Å². The fraction of sp³-hybridized carbons (Fsp3) is 0.455. The maximum atomic E-state index is 6.13. The van der Waals surface area contributed by atoms with E-state index in [2.05, 4.69) is 28.0 Å². The van der Waals surface area contributed by atoms with Crippen molar-refractivity contribution in [2.45, 2.75) is 18.7 Å². The summed E-state index contributed by atoms with van der Waals surface area (Å²) in [5.74, 6) is 1.09. The van der Waals surface area contributed by atoms with E-state index < -0.39 is 0 Å². The highest BCUT2D eigenvalue weighted by Crippen LogP contribution is 2.24. The normalized spacial score (nSPS) is 20.9. The molecule has 84 valence electrons. The third-order valence-corrected chi connectivity index (χ3v) is 3.32. The maximum Gasteiger partial charge on any atom is 0.157 e. The Morgan fingerprint density at radius 2 is 2.31 bits per heavy atom. The van der Waals surface area contributed by atoms with Crippen LogP contribution in [-0.2, 0) is 0 Å². The molecule has 0 bridgehead atoms. The molecule has 4 nitrogen and oxygen atoms in total. The molecular weight excluding hydrogens is 224 g/mol. The number of aromatic nitrogens is 3. The number of hydrogen-bond donors (Lipinski definition) is 0. The first-order valence-electron chi connectivity index (χ1n) is 5.43. The number of aryl methyl sites for hydroxylation is 1. The average molecular weight is 237 g/mol. The minimum absolute atomic E-state index is 0.249. The molecule has 0 aliphatic carbocycles. The van der Waals surface area contributed by atoms with Gasteiger partial charge in [-0.3, -0.25) is 0 Å². The summed E-state index contributed by atoms with van der Waals surface area (Å²) in [6.07, 6.45) is 2.62. The Morgan fingerprint density at radius 3 is 3.06 bits per heavy atom. The fourth-order valence-corrected chi connectivity index (χ4v) is 2.45. The SMILES string of the molecule is Cc1cc(N2CCC(Cl)C2)n2ncnc2c1. The van der Waals surface area contributed by atoms with Crippen molar-refractivity contribution in [2.24, 2.45) is 0 Å². The van der Waals surface area contributed by atoms with Crippen LogP contribution in [-0.4, -0.2) is 33.1 Å². The number of hydrogen-bond acceptors (Lipinski definition) is 3. The summed E-state index contributed by atoms with van der Waals surface area (Å²) in [7, 11) is 0. The summed E-state index contributed by atoms with van der Waals surface area (Å²) in [6, 6.07) is 4.17. The lowest BCUT2D eigenvalue weighted by Gasteiger charge is -2.18. The molecule has 2 aromatic heterocycles. The van der Waals surface area contributed by atoms with Gasteiger partial charge < -0.3 is 4.90 Å². The Balaban J connectivity index is 2.11. The number of nitrogens with zero attached hydrogens (tertiary/aromatic N) is 4. The molecule has 1 fully saturated rings. The zero-order valence-electron chi connectivity index (χ0n) is 9.10. The van der Waals surface area contributed by atoms with Crippen LogP contribution in [0, 0.1) is 6.92 Å². The largest absolute Gasteiger partial charge is 0.355 e. The Morgan fingerprint density at radius 1 is 1.44 bits per heavy atom. The number of fused-ring (bicyclic) bond motifs is 1. The minimum Gasteiger partial charge on any atom is -0.355 e. The first-order chi connectivity index (χ1) is 7.74. The van der Waals surface area contributed by atoms with Gasteiger partial charge in [-0.25, -0.2) is 4.98 Å². The molecule has 16 heavy (non-hydrogen) atoms. The van der Waals surface area contributed by atoms with E-state index in [1.165, 1.54) is 5.56 Å². The first-order valence-corrected chi connectivity index (χ1v) is 5.87. The van der Waals surface area contributed by atoms with Gasteiger partial charge in [-0.1, -0.05) is 0 Å². The van der Waals surface area contributed by atoms with Gasteiger partial charge in [0, 0.05) is 13.1 Å². The topological polar surface area (TPSA) is 33.4 Å². The van der Waals surface area contributed by atoms with Crippen molar-refractivity contribution >= 4 is 23.1 Å². The van der Waals surface area contributed by atoms with Crippen LogP contribution >= 0.6 is 11.6 Å². The van der Waals surface area contributed by atoms with Gasteiger partial charge in [-0.2, -0.15) is 9.61 Å². The number of alkyl halides is 1. The smallest absolute Gasteiger partial charge is 0.157 e. The third-order valence-electron chi connectivity index (χ3n) is 2.96. The lowest BCUT2D eigenvalue weighted by Crippen LogP contribution is -2.22. The Hall–Kier alpha value is -1.29. The highest BCUT2D eigenvalue weighted by molar-refractivity contribution is 6.21. The quantitative estimate of drug-likeness (QED) is 0.709. The van der Waals surface area contributed by atoms with E-state index in [9.17, 15) is 0 Å². The summed E-state index contributed by atoms with van der Waals surface area (Å²) in [5, 5.41) is 4.50. The zero-order chi connectivity index (χ0) is 11.1. The molecule has 1 unspecified atom stereocenters. The Bertz CT molecular complexity index is 522. The third kappa shape index (κ3) is 1.53. The Kier molecular flexibility index (Phi) is 2.24. The molecule has 3 heterocycles. The number of anilines is 1.